The van der Waals surface area contributed by atoms with Crippen molar-refractivity contribution in [2.75, 3.05) is 12.8 Å². The minimum Gasteiger partial charge on any atom is -0.508 e. The fraction of sp³-hybridized carbons (Fsp3) is 0.240. The van der Waals surface area contributed by atoms with E-state index in [1.54, 1.807) is 30.3 Å². The van der Waals surface area contributed by atoms with Crippen LogP contribution in [-0.2, 0) is 17.4 Å². The first-order valence-electron chi connectivity index (χ1n) is 9.99. The second-order valence-corrected chi connectivity index (χ2v) is 10.6. The van der Waals surface area contributed by atoms with Crippen molar-refractivity contribution in [2.45, 2.75) is 26.7 Å². The van der Waals surface area contributed by atoms with Crippen LogP contribution in [0.2, 0.25) is 0 Å². The number of hydrogen-bond donors (Lipinski definition) is 2. The van der Waals surface area contributed by atoms with Crippen LogP contribution < -0.4 is 0 Å². The normalized spacial score (nSPS) is 13.1. The number of carbonyl (C=O) groups is 1. The van der Waals surface area contributed by atoms with E-state index in [1.807, 2.05) is 26.0 Å². The van der Waals surface area contributed by atoms with E-state index in [1.165, 1.54) is 18.8 Å². The van der Waals surface area contributed by atoms with Gasteiger partial charge in [-0.2, -0.15) is 0 Å². The molecule has 0 bridgehead atoms. The van der Waals surface area contributed by atoms with E-state index in [4.69, 9.17) is 0 Å². The van der Waals surface area contributed by atoms with Crippen LogP contribution in [0.25, 0.3) is 0 Å². The molecule has 4 nitrogen and oxygen atoms in total. The molecule has 0 aliphatic carbocycles. The second kappa shape index (κ2) is 9.17. The van der Waals surface area contributed by atoms with Gasteiger partial charge in [0.05, 0.1) is 6.16 Å². The number of Topliss-reactive ketones (excluding diaryl/α,β-unsaturated/α-hetero) is 1. The second-order valence-electron chi connectivity index (χ2n) is 8.16. The number of phenols is 1. The van der Waals surface area contributed by atoms with Gasteiger partial charge in [-0.25, -0.2) is 4.39 Å². The molecule has 0 amide bonds. The van der Waals surface area contributed by atoms with Crippen LogP contribution in [0, 0.1) is 19.7 Å². The lowest BCUT2D eigenvalue weighted by molar-refractivity contribution is 0.101. The summed E-state index contributed by atoms with van der Waals surface area (Å²) in [5.74, 6) is -0.442. The first kappa shape index (κ1) is 22.9. The topological polar surface area (TPSA) is 74.6 Å². The van der Waals surface area contributed by atoms with Crippen LogP contribution >= 0.6 is 7.37 Å². The Kier molecular flexibility index (Phi) is 6.78. The molecule has 31 heavy (non-hydrogen) atoms. The summed E-state index contributed by atoms with van der Waals surface area (Å²) < 4.78 is 24.7. The Labute approximate surface area is 181 Å². The minimum atomic E-state index is -3.42. The van der Waals surface area contributed by atoms with E-state index in [-0.39, 0.29) is 23.5 Å². The fourth-order valence-electron chi connectivity index (χ4n) is 3.71. The quantitative estimate of drug-likeness (QED) is 0.380. The van der Waals surface area contributed by atoms with Gasteiger partial charge in [0.1, 0.15) is 11.6 Å². The summed E-state index contributed by atoms with van der Waals surface area (Å²) in [4.78, 5) is 21.8. The maximum absolute atomic E-state index is 13.1. The highest BCUT2D eigenvalue weighted by Crippen LogP contribution is 2.36. The fourth-order valence-corrected chi connectivity index (χ4v) is 4.42. The number of aromatic hydroxyl groups is 1. The van der Waals surface area contributed by atoms with Crippen molar-refractivity contribution >= 4 is 13.2 Å². The van der Waals surface area contributed by atoms with Gasteiger partial charge in [0.2, 0.25) is 7.37 Å². The van der Waals surface area contributed by atoms with Crippen LogP contribution in [0.1, 0.15) is 43.7 Å². The van der Waals surface area contributed by atoms with Gasteiger partial charge in [-0.05, 0) is 84.0 Å². The smallest absolute Gasteiger partial charge is 0.205 e. The van der Waals surface area contributed by atoms with Crippen molar-refractivity contribution in [1.29, 1.82) is 0 Å². The van der Waals surface area contributed by atoms with E-state index in [0.29, 0.717) is 18.4 Å². The number of carbonyl (C=O) groups excluding carboxylic acids is 1. The first-order chi connectivity index (χ1) is 14.5. The zero-order valence-electron chi connectivity index (χ0n) is 17.9. The molecule has 1 atom stereocenters. The van der Waals surface area contributed by atoms with Gasteiger partial charge in [0.25, 0.3) is 0 Å². The van der Waals surface area contributed by atoms with Crippen molar-refractivity contribution in [2.24, 2.45) is 0 Å². The maximum atomic E-state index is 13.1. The number of aryl methyl sites for hydroxylation is 2. The van der Waals surface area contributed by atoms with E-state index >= 15 is 0 Å². The molecule has 162 valence electrons. The van der Waals surface area contributed by atoms with Gasteiger partial charge in [-0.3, -0.25) is 9.36 Å². The van der Waals surface area contributed by atoms with Crippen LogP contribution in [-0.4, -0.2) is 28.6 Å². The Hall–Kier alpha value is -2.75. The molecule has 0 saturated heterocycles. The molecule has 1 unspecified atom stereocenters. The molecule has 0 aromatic heterocycles. The van der Waals surface area contributed by atoms with Gasteiger partial charge >= 0.3 is 0 Å². The lowest BCUT2D eigenvalue weighted by Crippen LogP contribution is -2.08. The zero-order valence-corrected chi connectivity index (χ0v) is 18.7. The Balaban J connectivity index is 1.84. The number of ketones is 1. The third kappa shape index (κ3) is 6.13. The van der Waals surface area contributed by atoms with Crippen LogP contribution in [0.5, 0.6) is 5.75 Å². The highest BCUT2D eigenvalue weighted by atomic mass is 31.2. The molecule has 0 heterocycles. The molecule has 3 aromatic carbocycles. The molecule has 6 heteroatoms. The molecule has 0 radical (unpaired) electrons. The van der Waals surface area contributed by atoms with E-state index in [0.717, 1.165) is 33.4 Å². The van der Waals surface area contributed by atoms with Crippen LogP contribution in [0.4, 0.5) is 4.39 Å². The van der Waals surface area contributed by atoms with Crippen LogP contribution in [0.3, 0.4) is 0 Å². The van der Waals surface area contributed by atoms with Gasteiger partial charge in [0, 0.05) is 18.6 Å². The predicted molar refractivity (Wildman–Crippen MR) is 121 cm³/mol. The number of phenolic OH excluding ortho intramolecular Hbond substituents is 1. The first-order valence-corrected chi connectivity index (χ1v) is 12.3. The third-order valence-corrected chi connectivity index (χ3v) is 6.16. The molecule has 0 fully saturated rings. The lowest BCUT2D eigenvalue weighted by Gasteiger charge is -2.14. The predicted octanol–water partition coefficient (Wildman–Crippen LogP) is 5.41. The Morgan fingerprint density at radius 2 is 1.52 bits per heavy atom. The largest absolute Gasteiger partial charge is 0.508 e. The molecule has 3 aromatic rings. The van der Waals surface area contributed by atoms with Gasteiger partial charge in [0.15, 0.2) is 5.78 Å². The van der Waals surface area contributed by atoms with Crippen molar-refractivity contribution < 1.29 is 23.7 Å². The molecule has 2 N–H and O–H groups in total. The molecular formula is C25H26FO4P. The molecule has 0 aliphatic heterocycles. The molecule has 0 aliphatic rings. The van der Waals surface area contributed by atoms with Crippen LogP contribution in [0.15, 0.2) is 54.6 Å². The lowest BCUT2D eigenvalue weighted by atomic mass is 9.92. The molecular weight excluding hydrogens is 414 g/mol. The monoisotopic (exact) mass is 440 g/mol. The van der Waals surface area contributed by atoms with E-state index < -0.39 is 7.37 Å². The Morgan fingerprint density at radius 1 is 0.935 bits per heavy atom. The van der Waals surface area contributed by atoms with Crippen molar-refractivity contribution in [3.63, 3.8) is 0 Å². The highest BCUT2D eigenvalue weighted by Gasteiger charge is 2.19. The van der Waals surface area contributed by atoms with Crippen molar-refractivity contribution in [1.82, 2.24) is 0 Å². The molecule has 0 spiro atoms. The van der Waals surface area contributed by atoms with E-state index in [2.05, 4.69) is 0 Å². The van der Waals surface area contributed by atoms with Gasteiger partial charge in [-0.15, -0.1) is 0 Å². The van der Waals surface area contributed by atoms with Crippen molar-refractivity contribution in [3.05, 3.63) is 99.4 Å². The molecule has 0 saturated carbocycles. The number of benzene rings is 3. The summed E-state index contributed by atoms with van der Waals surface area (Å²) >= 11 is 0. The average Bonchev–Trinajstić information content (AvgIpc) is 2.67. The zero-order chi connectivity index (χ0) is 22.8. The SMILES string of the molecule is Cc1cc(C(=O)CP(C)(=O)O)cc(C)c1Cc1ccc(O)c(Cc2ccc(F)cc2)c1. The summed E-state index contributed by atoms with van der Waals surface area (Å²) in [6.07, 6.45) is 0.745. The number of halogens is 1. The summed E-state index contributed by atoms with van der Waals surface area (Å²) in [6, 6.07) is 15.2. The summed E-state index contributed by atoms with van der Waals surface area (Å²) in [6.45, 7) is 5.03. The standard InChI is InChI=1S/C25H26FO4P/c1-16-10-20(25(28)15-31(3,29)30)11-17(2)23(16)14-19-6-9-24(27)21(13-19)12-18-4-7-22(26)8-5-18/h4-11,13,27H,12,14-15H2,1-3H3,(H,29,30). The van der Waals surface area contributed by atoms with Crippen molar-refractivity contribution in [3.8, 4) is 5.75 Å². The number of hydrogen-bond acceptors (Lipinski definition) is 3. The van der Waals surface area contributed by atoms with Gasteiger partial charge < -0.3 is 10.00 Å². The van der Waals surface area contributed by atoms with E-state index in [9.17, 15) is 23.7 Å². The minimum absolute atomic E-state index is 0.190. The highest BCUT2D eigenvalue weighted by molar-refractivity contribution is 7.58. The third-order valence-electron chi connectivity index (χ3n) is 5.29. The summed E-state index contributed by atoms with van der Waals surface area (Å²) in [7, 11) is -3.42. The summed E-state index contributed by atoms with van der Waals surface area (Å²) in [5.41, 5.74) is 6.04. The maximum Gasteiger partial charge on any atom is 0.205 e. The summed E-state index contributed by atoms with van der Waals surface area (Å²) in [5, 5.41) is 10.3. The Morgan fingerprint density at radius 3 is 2.10 bits per heavy atom. The molecule has 3 rings (SSSR count). The average molecular weight is 440 g/mol. The van der Waals surface area contributed by atoms with Gasteiger partial charge in [-0.1, -0.05) is 24.3 Å². The number of rotatable bonds is 7. The Bertz CT molecular complexity index is 1140.